The fourth-order valence-corrected chi connectivity index (χ4v) is 3.33. The first kappa shape index (κ1) is 18.2. The Morgan fingerprint density at radius 1 is 1.27 bits per heavy atom. The van der Waals surface area contributed by atoms with Gasteiger partial charge in [-0.25, -0.2) is 8.42 Å². The molecule has 1 amide bonds. The van der Waals surface area contributed by atoms with Gasteiger partial charge in [-0.05, 0) is 26.0 Å². The summed E-state index contributed by atoms with van der Waals surface area (Å²) in [6, 6.07) is 2.60. The quantitative estimate of drug-likeness (QED) is 0.606. The van der Waals surface area contributed by atoms with Crippen LogP contribution < -0.4 is 16.4 Å². The van der Waals surface area contributed by atoms with Crippen LogP contribution >= 0.6 is 11.6 Å². The third-order valence-electron chi connectivity index (χ3n) is 2.99. The Balaban J connectivity index is 3.63. The Kier molecular flexibility index (Phi) is 5.78. The Hall–Kier alpha value is -1.80. The lowest BCUT2D eigenvalue weighted by Gasteiger charge is -2.25. The highest BCUT2D eigenvalue weighted by atomic mass is 35.5. The van der Waals surface area contributed by atoms with E-state index in [0.717, 1.165) is 6.26 Å². The predicted molar refractivity (Wildman–Crippen MR) is 88.3 cm³/mol. The Labute approximate surface area is 134 Å². The predicted octanol–water partition coefficient (Wildman–Crippen LogP) is 1.00. The topological polar surface area (TPSA) is 119 Å². The molecule has 9 heteroatoms. The summed E-state index contributed by atoms with van der Waals surface area (Å²) in [6.07, 6.45) is 1.06. The van der Waals surface area contributed by atoms with Gasteiger partial charge in [0.2, 0.25) is 0 Å². The standard InChI is InChI=1S/C13H19ClN4O3S/c1-4-18(5-2)11-9(14)6-8(12(19)17-13(15)16)7-10(11)22(3,20)21/h6-7H,4-5H2,1-3H3,(H4,15,16,17,19). The van der Waals surface area contributed by atoms with Gasteiger partial charge in [-0.2, -0.15) is 4.99 Å². The number of halogens is 1. The van der Waals surface area contributed by atoms with E-state index in [9.17, 15) is 13.2 Å². The first-order chi connectivity index (χ1) is 10.1. The molecular weight excluding hydrogens is 328 g/mol. The van der Waals surface area contributed by atoms with Crippen molar-refractivity contribution in [3.63, 3.8) is 0 Å². The molecule has 4 N–H and O–H groups in total. The lowest BCUT2D eigenvalue weighted by molar-refractivity contribution is 0.100. The second kappa shape index (κ2) is 6.97. The van der Waals surface area contributed by atoms with Crippen LogP contribution in [0.2, 0.25) is 5.02 Å². The average molecular weight is 347 g/mol. The van der Waals surface area contributed by atoms with Crippen molar-refractivity contribution < 1.29 is 13.2 Å². The molecule has 0 fully saturated rings. The molecule has 0 saturated carbocycles. The molecular formula is C13H19ClN4O3S. The van der Waals surface area contributed by atoms with Crippen LogP contribution in [0.5, 0.6) is 0 Å². The van der Waals surface area contributed by atoms with Gasteiger partial charge in [0.25, 0.3) is 5.91 Å². The summed E-state index contributed by atoms with van der Waals surface area (Å²) in [5.41, 5.74) is 10.7. The molecule has 0 bridgehead atoms. The van der Waals surface area contributed by atoms with E-state index >= 15 is 0 Å². The molecule has 0 aliphatic rings. The largest absolute Gasteiger partial charge is 0.370 e. The Morgan fingerprint density at radius 2 is 1.82 bits per heavy atom. The number of amides is 1. The second-order valence-corrected chi connectivity index (χ2v) is 6.98. The van der Waals surface area contributed by atoms with Crippen LogP contribution in [-0.2, 0) is 9.84 Å². The van der Waals surface area contributed by atoms with Crippen molar-refractivity contribution in [3.05, 3.63) is 22.7 Å². The van der Waals surface area contributed by atoms with Crippen molar-refractivity contribution in [1.82, 2.24) is 0 Å². The number of aliphatic imine (C=N–C) groups is 1. The number of carbonyl (C=O) groups excluding carboxylic acids is 1. The van der Waals surface area contributed by atoms with Crippen LogP contribution in [0, 0.1) is 0 Å². The van der Waals surface area contributed by atoms with Gasteiger partial charge in [0.1, 0.15) is 0 Å². The molecule has 0 spiro atoms. The SMILES string of the molecule is CCN(CC)c1c(Cl)cc(C(=O)N=C(N)N)cc1S(C)(=O)=O. The van der Waals surface area contributed by atoms with E-state index in [-0.39, 0.29) is 15.5 Å². The molecule has 7 nitrogen and oxygen atoms in total. The maximum atomic E-state index is 12.1. The Bertz CT molecular complexity index is 708. The minimum Gasteiger partial charge on any atom is -0.370 e. The fourth-order valence-electron chi connectivity index (χ4n) is 2.01. The smallest absolute Gasteiger partial charge is 0.280 e. The van der Waals surface area contributed by atoms with Gasteiger partial charge >= 0.3 is 0 Å². The van der Waals surface area contributed by atoms with E-state index in [4.69, 9.17) is 23.1 Å². The third kappa shape index (κ3) is 4.11. The molecule has 0 atom stereocenters. The van der Waals surface area contributed by atoms with Crippen molar-refractivity contribution in [2.45, 2.75) is 18.7 Å². The molecule has 0 aliphatic carbocycles. The third-order valence-corrected chi connectivity index (χ3v) is 4.38. The molecule has 0 aliphatic heterocycles. The molecule has 0 radical (unpaired) electrons. The van der Waals surface area contributed by atoms with Crippen LogP contribution in [0.3, 0.4) is 0 Å². The highest BCUT2D eigenvalue weighted by Crippen LogP contribution is 2.34. The van der Waals surface area contributed by atoms with Gasteiger partial charge in [-0.1, -0.05) is 11.6 Å². The molecule has 0 aromatic heterocycles. The van der Waals surface area contributed by atoms with Gasteiger partial charge in [0.15, 0.2) is 15.8 Å². The van der Waals surface area contributed by atoms with Crippen LogP contribution in [-0.4, -0.2) is 39.6 Å². The van der Waals surface area contributed by atoms with Crippen molar-refractivity contribution >= 4 is 39.0 Å². The minimum absolute atomic E-state index is 0.00901. The summed E-state index contributed by atoms with van der Waals surface area (Å²) in [7, 11) is -3.59. The van der Waals surface area contributed by atoms with Crippen molar-refractivity contribution in [2.75, 3.05) is 24.2 Å². The Morgan fingerprint density at radius 3 is 2.23 bits per heavy atom. The van der Waals surface area contributed by atoms with Gasteiger partial charge in [0.05, 0.1) is 15.6 Å². The molecule has 0 heterocycles. The number of guanidine groups is 1. The molecule has 0 saturated heterocycles. The van der Waals surface area contributed by atoms with Crippen LogP contribution in [0.1, 0.15) is 24.2 Å². The lowest BCUT2D eigenvalue weighted by atomic mass is 10.1. The van der Waals surface area contributed by atoms with Gasteiger partial charge in [-0.3, -0.25) is 4.79 Å². The number of carbonyl (C=O) groups is 1. The number of benzene rings is 1. The summed E-state index contributed by atoms with van der Waals surface area (Å²) in [6.45, 7) is 4.90. The summed E-state index contributed by atoms with van der Waals surface area (Å²) >= 11 is 6.20. The van der Waals surface area contributed by atoms with Gasteiger partial charge in [-0.15, -0.1) is 0 Å². The molecule has 122 valence electrons. The molecule has 1 aromatic carbocycles. The summed E-state index contributed by atoms with van der Waals surface area (Å²) in [5.74, 6) is -1.16. The highest BCUT2D eigenvalue weighted by Gasteiger charge is 2.23. The van der Waals surface area contributed by atoms with E-state index in [1.807, 2.05) is 13.8 Å². The zero-order chi connectivity index (χ0) is 17.1. The maximum absolute atomic E-state index is 12.1. The number of anilines is 1. The number of nitrogens with zero attached hydrogens (tertiary/aromatic N) is 2. The number of sulfone groups is 1. The summed E-state index contributed by atoms with van der Waals surface area (Å²) < 4.78 is 24.1. The zero-order valence-electron chi connectivity index (χ0n) is 12.6. The molecule has 1 aromatic rings. The first-order valence-electron chi connectivity index (χ1n) is 6.54. The second-order valence-electron chi connectivity index (χ2n) is 4.59. The molecule has 0 unspecified atom stereocenters. The van der Waals surface area contributed by atoms with E-state index in [1.165, 1.54) is 12.1 Å². The first-order valence-corrected chi connectivity index (χ1v) is 8.81. The molecule has 22 heavy (non-hydrogen) atoms. The van der Waals surface area contributed by atoms with Crippen molar-refractivity contribution in [2.24, 2.45) is 16.5 Å². The molecule has 1 rings (SSSR count). The van der Waals surface area contributed by atoms with Gasteiger partial charge < -0.3 is 16.4 Å². The lowest BCUT2D eigenvalue weighted by Crippen LogP contribution is -2.25. The van der Waals surface area contributed by atoms with Crippen molar-refractivity contribution in [3.8, 4) is 0 Å². The average Bonchev–Trinajstić information content (AvgIpc) is 2.39. The minimum atomic E-state index is -3.59. The highest BCUT2D eigenvalue weighted by molar-refractivity contribution is 7.90. The summed E-state index contributed by atoms with van der Waals surface area (Å²) in [4.78, 5) is 17.1. The van der Waals surface area contributed by atoms with Crippen LogP contribution in [0.4, 0.5) is 5.69 Å². The van der Waals surface area contributed by atoms with E-state index in [1.54, 1.807) is 4.90 Å². The maximum Gasteiger partial charge on any atom is 0.280 e. The van der Waals surface area contributed by atoms with Gasteiger partial charge in [0, 0.05) is 24.9 Å². The number of rotatable bonds is 5. The fraction of sp³-hybridized carbons (Fsp3) is 0.385. The number of hydrogen-bond acceptors (Lipinski definition) is 4. The van der Waals surface area contributed by atoms with Crippen LogP contribution in [0.15, 0.2) is 22.0 Å². The van der Waals surface area contributed by atoms with Crippen LogP contribution in [0.25, 0.3) is 0 Å². The van der Waals surface area contributed by atoms with Crippen molar-refractivity contribution in [1.29, 1.82) is 0 Å². The number of nitrogens with two attached hydrogens (primary N) is 2. The number of hydrogen-bond donors (Lipinski definition) is 2. The normalized spacial score (nSPS) is 11.1. The van der Waals surface area contributed by atoms with E-state index in [0.29, 0.717) is 18.8 Å². The van der Waals surface area contributed by atoms with E-state index in [2.05, 4.69) is 4.99 Å². The monoisotopic (exact) mass is 346 g/mol. The van der Waals surface area contributed by atoms with E-state index < -0.39 is 21.7 Å². The summed E-state index contributed by atoms with van der Waals surface area (Å²) in [5, 5.41) is 0.153. The zero-order valence-corrected chi connectivity index (χ0v) is 14.2.